The molecule has 100 valence electrons. The van der Waals surface area contributed by atoms with Crippen molar-refractivity contribution in [3.63, 3.8) is 0 Å². The topological polar surface area (TPSA) is 59.1 Å². The first-order chi connectivity index (χ1) is 8.28. The highest BCUT2D eigenvalue weighted by atomic mass is 32.2. The number of sulfone groups is 1. The average molecular weight is 280 g/mol. The zero-order chi connectivity index (χ0) is 13.4. The van der Waals surface area contributed by atoms with Gasteiger partial charge in [-0.2, -0.15) is 13.2 Å². The highest BCUT2D eigenvalue weighted by Crippen LogP contribution is 2.34. The molecule has 1 aromatic heterocycles. The first kappa shape index (κ1) is 13.1. The molecule has 18 heavy (non-hydrogen) atoms. The van der Waals surface area contributed by atoms with Gasteiger partial charge in [0.2, 0.25) is 0 Å². The molecule has 0 aliphatic carbocycles. The Labute approximate surface area is 102 Å². The molecule has 0 radical (unpaired) electrons. The van der Waals surface area contributed by atoms with Crippen molar-refractivity contribution in [2.75, 3.05) is 16.8 Å². The number of nitrogens with zero attached hydrogens (tertiary/aromatic N) is 1. The van der Waals surface area contributed by atoms with Crippen LogP contribution in [0.5, 0.6) is 0 Å². The Morgan fingerprint density at radius 3 is 2.67 bits per heavy atom. The quantitative estimate of drug-likeness (QED) is 0.895. The lowest BCUT2D eigenvalue weighted by molar-refractivity contribution is -0.137. The summed E-state index contributed by atoms with van der Waals surface area (Å²) in [6, 6.07) is 1.60. The highest BCUT2D eigenvalue weighted by Gasteiger charge is 2.36. The number of pyridine rings is 1. The third-order valence-corrected chi connectivity index (χ3v) is 4.45. The molecule has 0 saturated carbocycles. The van der Waals surface area contributed by atoms with Gasteiger partial charge >= 0.3 is 6.18 Å². The molecule has 0 aromatic carbocycles. The molecule has 1 saturated heterocycles. The van der Waals surface area contributed by atoms with E-state index in [4.69, 9.17) is 0 Å². The molecule has 1 aliphatic heterocycles. The predicted octanol–water partition coefficient (Wildman–Crippen LogP) is 1.70. The van der Waals surface area contributed by atoms with E-state index < -0.39 is 27.6 Å². The van der Waals surface area contributed by atoms with E-state index in [-0.39, 0.29) is 17.3 Å². The predicted molar refractivity (Wildman–Crippen MR) is 59.9 cm³/mol. The van der Waals surface area contributed by atoms with Crippen LogP contribution >= 0.6 is 0 Å². The maximum absolute atomic E-state index is 12.7. The number of hydrogen-bond acceptors (Lipinski definition) is 4. The summed E-state index contributed by atoms with van der Waals surface area (Å²) in [7, 11) is -3.14. The Bertz CT molecular complexity index is 542. The van der Waals surface area contributed by atoms with E-state index in [1.165, 1.54) is 12.3 Å². The van der Waals surface area contributed by atoms with Gasteiger partial charge in [0.25, 0.3) is 0 Å². The molecule has 0 spiro atoms. The normalized spacial score (nSPS) is 22.9. The van der Waals surface area contributed by atoms with Gasteiger partial charge in [-0.25, -0.2) is 13.4 Å². The number of anilines is 1. The van der Waals surface area contributed by atoms with Crippen LogP contribution in [-0.4, -0.2) is 30.9 Å². The summed E-state index contributed by atoms with van der Waals surface area (Å²) in [4.78, 5) is 3.63. The molecular formula is C10H11F3N2O2S. The Balaban J connectivity index is 2.20. The van der Waals surface area contributed by atoms with E-state index in [1.807, 2.05) is 0 Å². The molecule has 1 unspecified atom stereocenters. The molecule has 2 heterocycles. The minimum Gasteiger partial charge on any atom is -0.366 e. The van der Waals surface area contributed by atoms with Crippen LogP contribution in [0.3, 0.4) is 0 Å². The number of halogens is 3. The van der Waals surface area contributed by atoms with Gasteiger partial charge in [-0.05, 0) is 18.6 Å². The van der Waals surface area contributed by atoms with Crippen molar-refractivity contribution in [3.8, 4) is 0 Å². The highest BCUT2D eigenvalue weighted by molar-refractivity contribution is 7.91. The summed E-state index contributed by atoms with van der Waals surface area (Å²) in [6.07, 6.45) is -2.97. The van der Waals surface area contributed by atoms with E-state index in [0.717, 1.165) is 6.07 Å². The molecule has 1 fully saturated rings. The molecule has 1 atom stereocenters. The number of hydrogen-bond donors (Lipinski definition) is 1. The minimum atomic E-state index is -4.51. The van der Waals surface area contributed by atoms with Gasteiger partial charge < -0.3 is 5.32 Å². The monoisotopic (exact) mass is 280 g/mol. The van der Waals surface area contributed by atoms with Gasteiger partial charge in [0.05, 0.1) is 17.1 Å². The van der Waals surface area contributed by atoms with Crippen molar-refractivity contribution in [3.05, 3.63) is 23.9 Å². The first-order valence-electron chi connectivity index (χ1n) is 5.27. The maximum Gasteiger partial charge on any atom is 0.419 e. The summed E-state index contributed by atoms with van der Waals surface area (Å²) in [6.45, 7) is 0. The van der Waals surface area contributed by atoms with Crippen LogP contribution in [0.1, 0.15) is 12.0 Å². The summed E-state index contributed by atoms with van der Waals surface area (Å²) in [5.41, 5.74) is -0.880. The molecule has 1 N–H and O–H groups in total. The number of nitrogens with one attached hydrogen (secondary N) is 1. The third kappa shape index (κ3) is 2.92. The van der Waals surface area contributed by atoms with Crippen LogP contribution in [0.25, 0.3) is 0 Å². The van der Waals surface area contributed by atoms with E-state index in [1.54, 1.807) is 0 Å². The molecule has 0 amide bonds. The molecule has 1 aromatic rings. The van der Waals surface area contributed by atoms with Gasteiger partial charge in [-0.1, -0.05) is 0 Å². The van der Waals surface area contributed by atoms with Crippen molar-refractivity contribution < 1.29 is 21.6 Å². The van der Waals surface area contributed by atoms with Crippen LogP contribution in [0.4, 0.5) is 19.0 Å². The third-order valence-electron chi connectivity index (χ3n) is 2.69. The Morgan fingerprint density at radius 2 is 2.11 bits per heavy atom. The van der Waals surface area contributed by atoms with Gasteiger partial charge in [0.1, 0.15) is 5.82 Å². The van der Waals surface area contributed by atoms with Gasteiger partial charge in [0, 0.05) is 12.2 Å². The van der Waals surface area contributed by atoms with Gasteiger partial charge in [-0.3, -0.25) is 0 Å². The van der Waals surface area contributed by atoms with E-state index in [2.05, 4.69) is 10.3 Å². The maximum atomic E-state index is 12.7. The largest absolute Gasteiger partial charge is 0.419 e. The minimum absolute atomic E-state index is 0.00114. The lowest BCUT2D eigenvalue weighted by Gasteiger charge is -2.16. The summed E-state index contributed by atoms with van der Waals surface area (Å²) >= 11 is 0. The van der Waals surface area contributed by atoms with Crippen molar-refractivity contribution in [1.82, 2.24) is 4.98 Å². The summed E-state index contributed by atoms with van der Waals surface area (Å²) in [5, 5.41) is 2.56. The Hall–Kier alpha value is -1.31. The second-order valence-corrected chi connectivity index (χ2v) is 6.37. The Kier molecular flexibility index (Phi) is 3.22. The fourth-order valence-electron chi connectivity index (χ4n) is 1.85. The smallest absolute Gasteiger partial charge is 0.366 e. The zero-order valence-corrected chi connectivity index (χ0v) is 10.1. The zero-order valence-electron chi connectivity index (χ0n) is 9.24. The van der Waals surface area contributed by atoms with Crippen molar-refractivity contribution in [1.29, 1.82) is 0 Å². The molecule has 2 rings (SSSR count). The van der Waals surface area contributed by atoms with Crippen LogP contribution in [0, 0.1) is 0 Å². The van der Waals surface area contributed by atoms with E-state index >= 15 is 0 Å². The van der Waals surface area contributed by atoms with Gasteiger partial charge in [-0.15, -0.1) is 0 Å². The number of alkyl halides is 3. The van der Waals surface area contributed by atoms with Crippen molar-refractivity contribution >= 4 is 15.7 Å². The summed E-state index contributed by atoms with van der Waals surface area (Å²) in [5.74, 6) is -0.466. The molecule has 8 heteroatoms. The van der Waals surface area contributed by atoms with Crippen molar-refractivity contribution in [2.45, 2.75) is 18.6 Å². The lowest BCUT2D eigenvalue weighted by Crippen LogP contribution is -2.23. The molecule has 0 bridgehead atoms. The fraction of sp³-hybridized carbons (Fsp3) is 0.500. The SMILES string of the molecule is O=S1(=O)CCC(Nc2ncccc2C(F)(F)F)C1. The van der Waals surface area contributed by atoms with Crippen molar-refractivity contribution in [2.24, 2.45) is 0 Å². The van der Waals surface area contributed by atoms with E-state index in [0.29, 0.717) is 6.42 Å². The summed E-state index contributed by atoms with van der Waals surface area (Å²) < 4.78 is 60.5. The van der Waals surface area contributed by atoms with Crippen LogP contribution in [-0.2, 0) is 16.0 Å². The van der Waals surface area contributed by atoms with Gasteiger partial charge in [0.15, 0.2) is 9.84 Å². The van der Waals surface area contributed by atoms with Crippen LogP contribution in [0.15, 0.2) is 18.3 Å². The molecule has 4 nitrogen and oxygen atoms in total. The molecular weight excluding hydrogens is 269 g/mol. The van der Waals surface area contributed by atoms with Crippen LogP contribution < -0.4 is 5.32 Å². The molecule has 1 aliphatic rings. The first-order valence-corrected chi connectivity index (χ1v) is 7.09. The fourth-order valence-corrected chi connectivity index (χ4v) is 3.52. The van der Waals surface area contributed by atoms with Crippen LogP contribution in [0.2, 0.25) is 0 Å². The Morgan fingerprint density at radius 1 is 1.39 bits per heavy atom. The number of aromatic nitrogens is 1. The number of rotatable bonds is 2. The average Bonchev–Trinajstić information content (AvgIpc) is 2.57. The lowest BCUT2D eigenvalue weighted by atomic mass is 10.2. The van der Waals surface area contributed by atoms with E-state index in [9.17, 15) is 21.6 Å². The second kappa shape index (κ2) is 4.42. The standard InChI is InChI=1S/C10H11F3N2O2S/c11-10(12,13)8-2-1-4-14-9(8)15-7-3-5-18(16,17)6-7/h1-2,4,7H,3,5-6H2,(H,14,15). The second-order valence-electron chi connectivity index (χ2n) is 4.14.